The SMILES string of the molecule is CC(C)(C)OC(=O)N1C[C@H](Cc2ccc(C(F)(F)F)cc2)C[C@@H]1C(=O)O. The van der Waals surface area contributed by atoms with E-state index in [-0.39, 0.29) is 18.9 Å². The van der Waals surface area contributed by atoms with Crippen LogP contribution in [0.15, 0.2) is 24.3 Å². The smallest absolute Gasteiger partial charge is 0.416 e. The lowest BCUT2D eigenvalue weighted by atomic mass is 9.96. The van der Waals surface area contributed by atoms with Crippen molar-refractivity contribution < 1.29 is 32.6 Å². The van der Waals surface area contributed by atoms with Crippen LogP contribution in [0.25, 0.3) is 0 Å². The minimum absolute atomic E-state index is 0.166. The quantitative estimate of drug-likeness (QED) is 0.871. The second kappa shape index (κ2) is 7.17. The molecule has 0 bridgehead atoms. The zero-order valence-corrected chi connectivity index (χ0v) is 14.8. The van der Waals surface area contributed by atoms with E-state index in [9.17, 15) is 27.9 Å². The number of rotatable bonds is 3. The Morgan fingerprint density at radius 2 is 1.77 bits per heavy atom. The highest BCUT2D eigenvalue weighted by molar-refractivity contribution is 5.81. The molecule has 8 heteroatoms. The first-order valence-electron chi connectivity index (χ1n) is 8.25. The topological polar surface area (TPSA) is 66.8 Å². The molecule has 0 aliphatic carbocycles. The zero-order chi connectivity index (χ0) is 19.7. The van der Waals surface area contributed by atoms with Crippen LogP contribution in [0.3, 0.4) is 0 Å². The standard InChI is InChI=1S/C18H22F3NO4/c1-17(2,3)26-16(25)22-10-12(9-14(22)15(23)24)8-11-4-6-13(7-5-11)18(19,20)21/h4-7,12,14H,8-10H2,1-3H3,(H,23,24)/t12-,14-/m1/s1. The molecule has 2 rings (SSSR count). The van der Waals surface area contributed by atoms with Crippen molar-refractivity contribution in [2.24, 2.45) is 5.92 Å². The van der Waals surface area contributed by atoms with Crippen molar-refractivity contribution in [3.8, 4) is 0 Å². The maximum Gasteiger partial charge on any atom is 0.416 e. The molecule has 1 fully saturated rings. The number of halogens is 3. The van der Waals surface area contributed by atoms with Crippen molar-refractivity contribution >= 4 is 12.1 Å². The van der Waals surface area contributed by atoms with Gasteiger partial charge in [0, 0.05) is 6.54 Å². The average molecular weight is 373 g/mol. The summed E-state index contributed by atoms with van der Waals surface area (Å²) in [6.45, 7) is 5.26. The van der Waals surface area contributed by atoms with Crippen molar-refractivity contribution in [1.82, 2.24) is 4.90 Å². The monoisotopic (exact) mass is 373 g/mol. The molecule has 144 valence electrons. The molecule has 5 nitrogen and oxygen atoms in total. The minimum atomic E-state index is -4.40. The number of carbonyl (C=O) groups excluding carboxylic acids is 1. The van der Waals surface area contributed by atoms with E-state index in [1.54, 1.807) is 20.8 Å². The summed E-state index contributed by atoms with van der Waals surface area (Å²) in [6.07, 6.45) is -4.47. The molecule has 1 aliphatic heterocycles. The largest absolute Gasteiger partial charge is 0.480 e. The van der Waals surface area contributed by atoms with Gasteiger partial charge in [-0.15, -0.1) is 0 Å². The summed E-state index contributed by atoms with van der Waals surface area (Å²) >= 11 is 0. The number of hydrogen-bond donors (Lipinski definition) is 1. The lowest BCUT2D eigenvalue weighted by Crippen LogP contribution is -2.43. The van der Waals surface area contributed by atoms with E-state index in [2.05, 4.69) is 0 Å². The van der Waals surface area contributed by atoms with Gasteiger partial charge in [0.2, 0.25) is 0 Å². The highest BCUT2D eigenvalue weighted by Crippen LogP contribution is 2.31. The molecule has 2 atom stereocenters. The summed E-state index contributed by atoms with van der Waals surface area (Å²) < 4.78 is 43.1. The second-order valence-electron chi connectivity index (χ2n) is 7.49. The van der Waals surface area contributed by atoms with E-state index in [0.717, 1.165) is 12.1 Å². The maximum absolute atomic E-state index is 12.6. The van der Waals surface area contributed by atoms with Crippen LogP contribution < -0.4 is 0 Å². The van der Waals surface area contributed by atoms with Crippen molar-refractivity contribution in [2.45, 2.75) is 51.4 Å². The van der Waals surface area contributed by atoms with Crippen LogP contribution in [0.1, 0.15) is 38.3 Å². The van der Waals surface area contributed by atoms with E-state index in [1.165, 1.54) is 17.0 Å². The van der Waals surface area contributed by atoms with Crippen molar-refractivity contribution in [3.05, 3.63) is 35.4 Å². The number of aliphatic carboxylic acids is 1. The number of amides is 1. The van der Waals surface area contributed by atoms with Gasteiger partial charge >= 0.3 is 18.2 Å². The Morgan fingerprint density at radius 3 is 2.23 bits per heavy atom. The third-order valence-corrected chi connectivity index (χ3v) is 4.11. The molecule has 0 saturated carbocycles. The van der Waals surface area contributed by atoms with Crippen LogP contribution in [-0.2, 0) is 22.1 Å². The molecule has 0 unspecified atom stereocenters. The number of benzene rings is 1. The van der Waals surface area contributed by atoms with Gasteiger partial charge in [-0.25, -0.2) is 9.59 Å². The first-order valence-corrected chi connectivity index (χ1v) is 8.25. The molecule has 0 aromatic heterocycles. The van der Waals surface area contributed by atoms with E-state index in [4.69, 9.17) is 4.74 Å². The summed E-state index contributed by atoms with van der Waals surface area (Å²) in [5, 5.41) is 9.37. The van der Waals surface area contributed by atoms with Crippen LogP contribution in [0, 0.1) is 5.92 Å². The molecule has 1 heterocycles. The first kappa shape index (κ1) is 20.1. The lowest BCUT2D eigenvalue weighted by molar-refractivity contribution is -0.142. The van der Waals surface area contributed by atoms with Crippen molar-refractivity contribution in [1.29, 1.82) is 0 Å². The Balaban J connectivity index is 2.07. The highest BCUT2D eigenvalue weighted by Gasteiger charge is 2.41. The van der Waals surface area contributed by atoms with Crippen molar-refractivity contribution in [2.75, 3.05) is 6.54 Å². The Hall–Kier alpha value is -2.25. The Kier molecular flexibility index (Phi) is 5.53. The fourth-order valence-corrected chi connectivity index (χ4v) is 2.99. The number of likely N-dealkylation sites (tertiary alicyclic amines) is 1. The van der Waals surface area contributed by atoms with Gasteiger partial charge in [0.15, 0.2) is 0 Å². The molecule has 1 amide bonds. The number of ether oxygens (including phenoxy) is 1. The Bertz CT molecular complexity index is 664. The molecular weight excluding hydrogens is 351 g/mol. The van der Waals surface area contributed by atoms with Gasteiger partial charge in [-0.3, -0.25) is 4.90 Å². The molecule has 1 saturated heterocycles. The van der Waals surface area contributed by atoms with Gasteiger partial charge < -0.3 is 9.84 Å². The highest BCUT2D eigenvalue weighted by atomic mass is 19.4. The maximum atomic E-state index is 12.6. The van der Waals surface area contributed by atoms with Crippen LogP contribution in [0.4, 0.5) is 18.0 Å². The van der Waals surface area contributed by atoms with Crippen LogP contribution >= 0.6 is 0 Å². The summed E-state index contributed by atoms with van der Waals surface area (Å²) in [5.74, 6) is -1.29. The van der Waals surface area contributed by atoms with Gasteiger partial charge in [0.1, 0.15) is 11.6 Å². The normalized spacial score (nSPS) is 20.9. The zero-order valence-electron chi connectivity index (χ0n) is 14.8. The van der Waals surface area contributed by atoms with Crippen LogP contribution in [0.5, 0.6) is 0 Å². The first-order chi connectivity index (χ1) is 11.9. The van der Waals surface area contributed by atoms with Crippen molar-refractivity contribution in [3.63, 3.8) is 0 Å². The fraction of sp³-hybridized carbons (Fsp3) is 0.556. The summed E-state index contributed by atoms with van der Waals surface area (Å²) in [4.78, 5) is 24.9. The number of hydrogen-bond acceptors (Lipinski definition) is 3. The molecule has 1 aliphatic rings. The number of alkyl halides is 3. The van der Waals surface area contributed by atoms with E-state index in [0.29, 0.717) is 12.0 Å². The Labute approximate surface area is 149 Å². The molecule has 0 spiro atoms. The number of carboxylic acid groups (broad SMARTS) is 1. The van der Waals surface area contributed by atoms with Gasteiger partial charge in [-0.2, -0.15) is 13.2 Å². The third kappa shape index (κ3) is 5.12. The predicted molar refractivity (Wildman–Crippen MR) is 87.6 cm³/mol. The van der Waals surface area contributed by atoms with Gasteiger partial charge in [0.05, 0.1) is 5.56 Å². The third-order valence-electron chi connectivity index (χ3n) is 4.11. The predicted octanol–water partition coefficient (Wildman–Crippen LogP) is 3.96. The van der Waals surface area contributed by atoms with E-state index >= 15 is 0 Å². The minimum Gasteiger partial charge on any atom is -0.480 e. The molecule has 0 radical (unpaired) electrons. The van der Waals surface area contributed by atoms with Crippen LogP contribution in [0.2, 0.25) is 0 Å². The molecule has 1 aromatic rings. The van der Waals surface area contributed by atoms with Gasteiger partial charge in [-0.1, -0.05) is 12.1 Å². The molecular formula is C18H22F3NO4. The number of nitrogens with zero attached hydrogens (tertiary/aromatic N) is 1. The molecule has 1 aromatic carbocycles. The van der Waals surface area contributed by atoms with Gasteiger partial charge in [-0.05, 0) is 57.2 Å². The number of carbonyl (C=O) groups is 2. The molecule has 26 heavy (non-hydrogen) atoms. The summed E-state index contributed by atoms with van der Waals surface area (Å²) in [5.41, 5.74) is -0.810. The summed E-state index contributed by atoms with van der Waals surface area (Å²) in [7, 11) is 0. The van der Waals surface area contributed by atoms with Gasteiger partial charge in [0.25, 0.3) is 0 Å². The van der Waals surface area contributed by atoms with E-state index in [1.807, 2.05) is 0 Å². The fourth-order valence-electron chi connectivity index (χ4n) is 2.99. The average Bonchev–Trinajstić information content (AvgIpc) is 2.89. The number of carboxylic acids is 1. The second-order valence-corrected chi connectivity index (χ2v) is 7.49. The molecule has 1 N–H and O–H groups in total. The van der Waals surface area contributed by atoms with Crippen LogP contribution in [-0.4, -0.2) is 40.3 Å². The van der Waals surface area contributed by atoms with E-state index < -0.39 is 35.4 Å². The Morgan fingerprint density at radius 1 is 1.19 bits per heavy atom. The summed E-state index contributed by atoms with van der Waals surface area (Å²) in [6, 6.07) is 3.78. The lowest BCUT2D eigenvalue weighted by Gasteiger charge is -2.26.